The van der Waals surface area contributed by atoms with Crippen molar-refractivity contribution >= 4 is 5.91 Å². The summed E-state index contributed by atoms with van der Waals surface area (Å²) >= 11 is 0. The number of allylic oxidation sites excluding steroid dienone is 2. The molecule has 3 aliphatic carbocycles. The Labute approximate surface area is 150 Å². The van der Waals surface area contributed by atoms with Crippen LogP contribution in [0.3, 0.4) is 0 Å². The van der Waals surface area contributed by atoms with Crippen molar-refractivity contribution in [2.45, 2.75) is 89.2 Å². The zero-order valence-corrected chi connectivity index (χ0v) is 15.1. The first-order chi connectivity index (χ1) is 12.2. The lowest BCUT2D eigenvalue weighted by atomic mass is 9.59. The Balaban J connectivity index is 1.24. The summed E-state index contributed by atoms with van der Waals surface area (Å²) in [6, 6.07) is 0.326. The predicted molar refractivity (Wildman–Crippen MR) is 97.1 cm³/mol. The van der Waals surface area contributed by atoms with Crippen LogP contribution in [0.2, 0.25) is 0 Å². The van der Waals surface area contributed by atoms with E-state index in [-0.39, 0.29) is 5.91 Å². The summed E-state index contributed by atoms with van der Waals surface area (Å²) in [5, 5.41) is 3.13. The van der Waals surface area contributed by atoms with Crippen LogP contribution in [-0.4, -0.2) is 18.1 Å². The van der Waals surface area contributed by atoms with Gasteiger partial charge in [0, 0.05) is 12.1 Å². The molecule has 4 aliphatic rings. The molecule has 1 aliphatic heterocycles. The van der Waals surface area contributed by atoms with Crippen LogP contribution >= 0.6 is 0 Å². The molecule has 5 nitrogen and oxygen atoms in total. The number of rotatable bonds is 4. The number of hydrogen-bond donors (Lipinski definition) is 3. The second kappa shape index (κ2) is 7.30. The molecule has 1 heterocycles. The monoisotopic (exact) mass is 345 g/mol. The fraction of sp³-hybridized carbons (Fsp3) is 0.750. The number of nitrogens with one attached hydrogen (secondary N) is 3. The smallest absolute Gasteiger partial charge is 0.269 e. The van der Waals surface area contributed by atoms with Gasteiger partial charge in [-0.1, -0.05) is 38.5 Å². The highest BCUT2D eigenvalue weighted by molar-refractivity contribution is 5.93. The first-order valence-corrected chi connectivity index (χ1v) is 10.1. The summed E-state index contributed by atoms with van der Waals surface area (Å²) in [6.45, 7) is 0. The van der Waals surface area contributed by atoms with Gasteiger partial charge < -0.3 is 10.1 Å². The van der Waals surface area contributed by atoms with Crippen LogP contribution in [-0.2, 0) is 9.53 Å². The van der Waals surface area contributed by atoms with Gasteiger partial charge in [-0.2, -0.15) is 0 Å². The van der Waals surface area contributed by atoms with E-state index in [0.717, 1.165) is 18.7 Å². The van der Waals surface area contributed by atoms with Crippen molar-refractivity contribution in [2.24, 2.45) is 5.41 Å². The second-order valence-corrected chi connectivity index (χ2v) is 8.38. The highest BCUT2D eigenvalue weighted by Gasteiger charge is 2.46. The van der Waals surface area contributed by atoms with E-state index in [9.17, 15) is 4.79 Å². The van der Waals surface area contributed by atoms with Crippen LogP contribution in [0.4, 0.5) is 0 Å². The Morgan fingerprint density at radius 2 is 1.72 bits per heavy atom. The van der Waals surface area contributed by atoms with Gasteiger partial charge in [-0.3, -0.25) is 15.6 Å². The van der Waals surface area contributed by atoms with Crippen molar-refractivity contribution in [1.29, 1.82) is 0 Å². The lowest BCUT2D eigenvalue weighted by molar-refractivity contribution is -0.119. The summed E-state index contributed by atoms with van der Waals surface area (Å²) in [6.07, 6.45) is 19.2. The van der Waals surface area contributed by atoms with Gasteiger partial charge in [0.05, 0.1) is 0 Å². The van der Waals surface area contributed by atoms with E-state index in [2.05, 4.69) is 16.2 Å². The molecule has 0 bridgehead atoms. The first-order valence-electron chi connectivity index (χ1n) is 10.1. The molecule has 4 rings (SSSR count). The van der Waals surface area contributed by atoms with E-state index < -0.39 is 0 Å². The van der Waals surface area contributed by atoms with Crippen LogP contribution in [0.1, 0.15) is 77.0 Å². The van der Waals surface area contributed by atoms with Crippen molar-refractivity contribution < 1.29 is 9.53 Å². The molecule has 3 N–H and O–H groups in total. The van der Waals surface area contributed by atoms with Crippen LogP contribution in [0.25, 0.3) is 0 Å². The van der Waals surface area contributed by atoms with Gasteiger partial charge in [-0.15, -0.1) is 0 Å². The average molecular weight is 345 g/mol. The number of ether oxygens (including phenoxy) is 1. The van der Waals surface area contributed by atoms with Crippen LogP contribution < -0.4 is 16.2 Å². The maximum atomic E-state index is 12.3. The minimum atomic E-state index is -0.0282. The predicted octanol–water partition coefficient (Wildman–Crippen LogP) is 3.40. The van der Waals surface area contributed by atoms with Crippen LogP contribution in [0.5, 0.6) is 0 Å². The third-order valence-corrected chi connectivity index (χ3v) is 6.44. The molecule has 0 aromatic carbocycles. The third kappa shape index (κ3) is 3.96. The maximum Gasteiger partial charge on any atom is 0.269 e. The Morgan fingerprint density at radius 3 is 2.40 bits per heavy atom. The minimum Gasteiger partial charge on any atom is -0.475 e. The van der Waals surface area contributed by atoms with Crippen molar-refractivity contribution in [3.63, 3.8) is 0 Å². The number of carbonyl (C=O) groups excluding carboxylic acids is 1. The number of carbonyl (C=O) groups is 1. The summed E-state index contributed by atoms with van der Waals surface area (Å²) in [7, 11) is 0. The molecule has 1 amide bonds. The SMILES string of the molecule is O=C(NC1CCCCC1)C1=CC=C(OC2CC3(CCCCC3)C2)NN1. The molecule has 5 heteroatoms. The van der Waals surface area contributed by atoms with E-state index in [1.165, 1.54) is 64.2 Å². The van der Waals surface area contributed by atoms with Gasteiger partial charge in [0.2, 0.25) is 5.88 Å². The normalized spacial score (nSPS) is 26.6. The molecule has 3 fully saturated rings. The van der Waals surface area contributed by atoms with E-state index in [4.69, 9.17) is 4.74 Å². The van der Waals surface area contributed by atoms with Crippen LogP contribution in [0.15, 0.2) is 23.7 Å². The average Bonchev–Trinajstić information content (AvgIpc) is 2.63. The Bertz CT molecular complexity index is 549. The number of hydrazine groups is 1. The summed E-state index contributed by atoms with van der Waals surface area (Å²) in [5.74, 6) is 0.698. The molecular formula is C20H31N3O2. The zero-order chi connectivity index (χ0) is 17.1. The van der Waals surface area contributed by atoms with Gasteiger partial charge in [0.25, 0.3) is 5.91 Å². The highest BCUT2D eigenvalue weighted by Crippen LogP contribution is 2.53. The topological polar surface area (TPSA) is 62.4 Å². The molecule has 0 aromatic heterocycles. The molecule has 138 valence electrons. The standard InChI is InChI=1S/C20H31N3O2/c24-19(21-15-7-3-1-4-8-15)17-9-10-18(23-22-17)25-16-13-20(14-16)11-5-2-6-12-20/h9-10,15-16,22-23H,1-8,11-14H2,(H,21,24). The molecule has 25 heavy (non-hydrogen) atoms. The van der Waals surface area contributed by atoms with Gasteiger partial charge in [0.15, 0.2) is 0 Å². The van der Waals surface area contributed by atoms with E-state index in [1.807, 2.05) is 12.2 Å². The Hall–Kier alpha value is -1.65. The second-order valence-electron chi connectivity index (χ2n) is 8.38. The Morgan fingerprint density at radius 1 is 1.00 bits per heavy atom. The molecule has 1 spiro atoms. The third-order valence-electron chi connectivity index (χ3n) is 6.44. The Kier molecular flexibility index (Phi) is 4.91. The van der Waals surface area contributed by atoms with Crippen molar-refractivity contribution in [3.05, 3.63) is 23.7 Å². The quantitative estimate of drug-likeness (QED) is 0.731. The minimum absolute atomic E-state index is 0.0282. The summed E-state index contributed by atoms with van der Waals surface area (Å²) in [4.78, 5) is 12.3. The maximum absolute atomic E-state index is 12.3. The molecule has 0 aromatic rings. The van der Waals surface area contributed by atoms with Gasteiger partial charge >= 0.3 is 0 Å². The molecule has 0 saturated heterocycles. The van der Waals surface area contributed by atoms with Crippen LogP contribution in [0, 0.1) is 5.41 Å². The van der Waals surface area contributed by atoms with E-state index >= 15 is 0 Å². The lowest BCUT2D eigenvalue weighted by Crippen LogP contribution is -2.47. The first kappa shape index (κ1) is 16.8. The van der Waals surface area contributed by atoms with Crippen molar-refractivity contribution in [3.8, 4) is 0 Å². The number of hydrogen-bond acceptors (Lipinski definition) is 4. The van der Waals surface area contributed by atoms with Gasteiger partial charge in [-0.25, -0.2) is 0 Å². The molecular weight excluding hydrogens is 314 g/mol. The highest BCUT2D eigenvalue weighted by atomic mass is 16.5. The summed E-state index contributed by atoms with van der Waals surface area (Å²) < 4.78 is 6.04. The fourth-order valence-electron chi connectivity index (χ4n) is 4.96. The molecule has 0 radical (unpaired) electrons. The lowest BCUT2D eigenvalue weighted by Gasteiger charge is -2.50. The molecule has 3 saturated carbocycles. The largest absolute Gasteiger partial charge is 0.475 e. The molecule has 0 unspecified atom stereocenters. The van der Waals surface area contributed by atoms with E-state index in [0.29, 0.717) is 23.3 Å². The van der Waals surface area contributed by atoms with Gasteiger partial charge in [-0.05, 0) is 50.0 Å². The zero-order valence-electron chi connectivity index (χ0n) is 15.1. The van der Waals surface area contributed by atoms with Gasteiger partial charge in [0.1, 0.15) is 11.8 Å². The fourth-order valence-corrected chi connectivity index (χ4v) is 4.96. The van der Waals surface area contributed by atoms with E-state index in [1.54, 1.807) is 0 Å². The summed E-state index contributed by atoms with van der Waals surface area (Å²) in [5.41, 5.74) is 7.17. The van der Waals surface area contributed by atoms with Crippen molar-refractivity contribution in [2.75, 3.05) is 0 Å². The molecule has 0 atom stereocenters. The number of amides is 1. The van der Waals surface area contributed by atoms with Crippen molar-refractivity contribution in [1.82, 2.24) is 16.2 Å².